The number of hydrogen-bond acceptors (Lipinski definition) is 1. The second kappa shape index (κ2) is 5.27. The summed E-state index contributed by atoms with van der Waals surface area (Å²) < 4.78 is 0. The van der Waals surface area contributed by atoms with Crippen molar-refractivity contribution in [3.05, 3.63) is 59.7 Å². The lowest BCUT2D eigenvalue weighted by atomic mass is 9.92. The van der Waals surface area contributed by atoms with Crippen molar-refractivity contribution in [2.24, 2.45) is 0 Å². The van der Waals surface area contributed by atoms with Crippen molar-refractivity contribution in [2.75, 3.05) is 0 Å². The third-order valence-electron chi connectivity index (χ3n) is 3.65. The van der Waals surface area contributed by atoms with Crippen LogP contribution < -0.4 is 5.32 Å². The summed E-state index contributed by atoms with van der Waals surface area (Å²) in [4.78, 5) is 11.7. The average molecular weight is 251 g/mol. The number of aryl methyl sites for hydroxylation is 1. The van der Waals surface area contributed by atoms with Crippen molar-refractivity contribution < 1.29 is 4.79 Å². The molecule has 1 amide bonds. The Labute approximate surface area is 113 Å². The maximum atomic E-state index is 11.7. The summed E-state index contributed by atoms with van der Waals surface area (Å²) in [5.74, 6) is 0.147. The highest BCUT2D eigenvalue weighted by molar-refractivity contribution is 5.77. The Morgan fingerprint density at radius 1 is 0.789 bits per heavy atom. The number of carbonyl (C=O) groups excluding carboxylic acids is 1. The van der Waals surface area contributed by atoms with E-state index in [0.717, 1.165) is 12.8 Å². The number of fused-ring (bicyclic) bond motifs is 3. The largest absolute Gasteiger partial charge is 0.352 e. The van der Waals surface area contributed by atoms with Crippen LogP contribution in [-0.4, -0.2) is 5.91 Å². The van der Waals surface area contributed by atoms with Gasteiger partial charge >= 0.3 is 0 Å². The normalized spacial score (nSPS) is 15.1. The topological polar surface area (TPSA) is 29.1 Å². The second-order valence-electron chi connectivity index (χ2n) is 4.94. The fourth-order valence-corrected chi connectivity index (χ4v) is 2.66. The maximum absolute atomic E-state index is 11.7. The van der Waals surface area contributed by atoms with Gasteiger partial charge in [0.05, 0.1) is 0 Å². The van der Waals surface area contributed by atoms with Crippen LogP contribution in [0.25, 0.3) is 11.1 Å². The molecule has 1 heterocycles. The van der Waals surface area contributed by atoms with Crippen molar-refractivity contribution in [1.82, 2.24) is 5.32 Å². The Bertz CT molecular complexity index is 604. The van der Waals surface area contributed by atoms with Gasteiger partial charge in [-0.05, 0) is 35.1 Å². The molecule has 0 unspecified atom stereocenters. The van der Waals surface area contributed by atoms with Gasteiger partial charge in [-0.1, -0.05) is 48.5 Å². The predicted octanol–water partition coefficient (Wildman–Crippen LogP) is 3.31. The molecule has 0 spiro atoms. The number of amides is 1. The molecule has 96 valence electrons. The summed E-state index contributed by atoms with van der Waals surface area (Å²) in [6, 6.07) is 16.8. The summed E-state index contributed by atoms with van der Waals surface area (Å²) in [7, 11) is 0. The van der Waals surface area contributed by atoms with Crippen LogP contribution in [0.2, 0.25) is 0 Å². The van der Waals surface area contributed by atoms with Gasteiger partial charge in [0, 0.05) is 13.0 Å². The molecular weight excluding hydrogens is 234 g/mol. The first-order chi connectivity index (χ1) is 9.34. The maximum Gasteiger partial charge on any atom is 0.220 e. The minimum absolute atomic E-state index is 0.147. The zero-order valence-electron chi connectivity index (χ0n) is 10.9. The minimum atomic E-state index is 0.147. The fourth-order valence-electron chi connectivity index (χ4n) is 2.66. The first-order valence-corrected chi connectivity index (χ1v) is 6.77. The SMILES string of the molecule is O=C1CCCc2ccccc2-c2ccccc2CN1. The molecule has 3 rings (SSSR count). The van der Waals surface area contributed by atoms with E-state index in [4.69, 9.17) is 0 Å². The Morgan fingerprint density at radius 2 is 1.42 bits per heavy atom. The van der Waals surface area contributed by atoms with Gasteiger partial charge in [0.25, 0.3) is 0 Å². The lowest BCUT2D eigenvalue weighted by Gasteiger charge is -2.16. The molecule has 2 aromatic carbocycles. The Kier molecular flexibility index (Phi) is 3.32. The van der Waals surface area contributed by atoms with Crippen LogP contribution in [0.5, 0.6) is 0 Å². The van der Waals surface area contributed by atoms with E-state index in [2.05, 4.69) is 47.8 Å². The van der Waals surface area contributed by atoms with E-state index in [-0.39, 0.29) is 5.91 Å². The molecule has 0 fully saturated rings. The molecule has 0 aliphatic carbocycles. The molecule has 0 radical (unpaired) electrons. The quantitative estimate of drug-likeness (QED) is 0.764. The van der Waals surface area contributed by atoms with Crippen molar-refractivity contribution >= 4 is 5.91 Å². The zero-order chi connectivity index (χ0) is 13.1. The van der Waals surface area contributed by atoms with Gasteiger partial charge in [0.2, 0.25) is 5.91 Å². The number of rotatable bonds is 0. The molecule has 2 aromatic rings. The molecule has 0 saturated carbocycles. The van der Waals surface area contributed by atoms with E-state index in [9.17, 15) is 4.79 Å². The number of nitrogens with one attached hydrogen (secondary N) is 1. The van der Waals surface area contributed by atoms with Gasteiger partial charge in [0.1, 0.15) is 0 Å². The predicted molar refractivity (Wildman–Crippen MR) is 76.7 cm³/mol. The lowest BCUT2D eigenvalue weighted by molar-refractivity contribution is -0.121. The van der Waals surface area contributed by atoms with Gasteiger partial charge in [-0.3, -0.25) is 4.79 Å². The van der Waals surface area contributed by atoms with Crippen molar-refractivity contribution in [3.63, 3.8) is 0 Å². The van der Waals surface area contributed by atoms with Gasteiger partial charge in [-0.2, -0.15) is 0 Å². The molecular formula is C17H17NO. The smallest absolute Gasteiger partial charge is 0.220 e. The first kappa shape index (κ1) is 12.0. The fraction of sp³-hybridized carbons (Fsp3) is 0.235. The molecule has 2 heteroatoms. The van der Waals surface area contributed by atoms with Crippen molar-refractivity contribution in [2.45, 2.75) is 25.8 Å². The van der Waals surface area contributed by atoms with Gasteiger partial charge < -0.3 is 5.32 Å². The van der Waals surface area contributed by atoms with Crippen molar-refractivity contribution in [3.8, 4) is 11.1 Å². The highest BCUT2D eigenvalue weighted by atomic mass is 16.1. The van der Waals surface area contributed by atoms with Crippen LogP contribution in [-0.2, 0) is 17.8 Å². The summed E-state index contributed by atoms with van der Waals surface area (Å²) in [6.45, 7) is 0.614. The Hall–Kier alpha value is -2.09. The molecule has 1 aliphatic heterocycles. The zero-order valence-corrected chi connectivity index (χ0v) is 10.9. The molecule has 1 aliphatic rings. The monoisotopic (exact) mass is 251 g/mol. The van der Waals surface area contributed by atoms with Crippen LogP contribution in [0.1, 0.15) is 24.0 Å². The van der Waals surface area contributed by atoms with E-state index < -0.39 is 0 Å². The number of hydrogen-bond donors (Lipinski definition) is 1. The Balaban J connectivity index is 2.12. The summed E-state index contributed by atoms with van der Waals surface area (Å²) in [5, 5.41) is 3.00. The standard InChI is InChI=1S/C17H17NO/c19-17-11-5-8-13-6-1-3-9-15(13)16-10-4-2-7-14(16)12-18-17/h1-4,6-7,9-10H,5,8,11-12H2,(H,18,19). The highest BCUT2D eigenvalue weighted by Gasteiger charge is 2.12. The molecule has 1 N–H and O–H groups in total. The van der Waals surface area contributed by atoms with Gasteiger partial charge in [0.15, 0.2) is 0 Å². The third-order valence-corrected chi connectivity index (χ3v) is 3.65. The summed E-state index contributed by atoms with van der Waals surface area (Å²) >= 11 is 0. The van der Waals surface area contributed by atoms with E-state index in [1.165, 1.54) is 22.3 Å². The van der Waals surface area contributed by atoms with E-state index in [1.54, 1.807) is 0 Å². The Morgan fingerprint density at radius 3 is 2.21 bits per heavy atom. The van der Waals surface area contributed by atoms with Crippen LogP contribution in [0.3, 0.4) is 0 Å². The molecule has 0 atom stereocenters. The second-order valence-corrected chi connectivity index (χ2v) is 4.94. The molecule has 0 saturated heterocycles. The molecule has 19 heavy (non-hydrogen) atoms. The number of benzene rings is 2. The third kappa shape index (κ3) is 2.53. The highest BCUT2D eigenvalue weighted by Crippen LogP contribution is 2.28. The van der Waals surface area contributed by atoms with E-state index in [0.29, 0.717) is 13.0 Å². The lowest BCUT2D eigenvalue weighted by Crippen LogP contribution is -2.23. The molecule has 2 nitrogen and oxygen atoms in total. The summed E-state index contributed by atoms with van der Waals surface area (Å²) in [5.41, 5.74) is 5.06. The van der Waals surface area contributed by atoms with Crippen LogP contribution >= 0.6 is 0 Å². The molecule has 0 bridgehead atoms. The average Bonchev–Trinajstić information content (AvgIpc) is 2.46. The summed E-state index contributed by atoms with van der Waals surface area (Å²) in [6.07, 6.45) is 2.47. The first-order valence-electron chi connectivity index (χ1n) is 6.77. The van der Waals surface area contributed by atoms with Crippen LogP contribution in [0.15, 0.2) is 48.5 Å². The van der Waals surface area contributed by atoms with Crippen molar-refractivity contribution in [1.29, 1.82) is 0 Å². The van der Waals surface area contributed by atoms with E-state index in [1.807, 2.05) is 6.07 Å². The minimum Gasteiger partial charge on any atom is -0.352 e. The van der Waals surface area contributed by atoms with Gasteiger partial charge in [-0.25, -0.2) is 0 Å². The number of carbonyl (C=O) groups is 1. The van der Waals surface area contributed by atoms with E-state index >= 15 is 0 Å². The van der Waals surface area contributed by atoms with Crippen LogP contribution in [0, 0.1) is 0 Å². The molecule has 0 aromatic heterocycles. The van der Waals surface area contributed by atoms with Gasteiger partial charge in [-0.15, -0.1) is 0 Å². The van der Waals surface area contributed by atoms with Crippen LogP contribution in [0.4, 0.5) is 0 Å².